The normalized spacial score (nSPS) is 18.8. The second-order valence-electron chi connectivity index (χ2n) is 7.40. The molecule has 1 saturated heterocycles. The van der Waals surface area contributed by atoms with E-state index >= 15 is 0 Å². The quantitative estimate of drug-likeness (QED) is 0.737. The molecule has 0 saturated carbocycles. The molecule has 2 aromatic carbocycles. The van der Waals surface area contributed by atoms with Gasteiger partial charge in [-0.05, 0) is 50.6 Å². The van der Waals surface area contributed by atoms with Gasteiger partial charge >= 0.3 is 0 Å². The van der Waals surface area contributed by atoms with Crippen LogP contribution in [0.3, 0.4) is 0 Å². The number of rotatable bonds is 6. The van der Waals surface area contributed by atoms with E-state index in [1.807, 2.05) is 38.1 Å². The largest absolute Gasteiger partial charge is 0.491 e. The van der Waals surface area contributed by atoms with Crippen LogP contribution in [0.5, 0.6) is 5.75 Å². The van der Waals surface area contributed by atoms with Crippen molar-refractivity contribution in [1.82, 2.24) is 10.6 Å². The van der Waals surface area contributed by atoms with Crippen molar-refractivity contribution in [2.45, 2.75) is 44.8 Å². The average molecular weight is 425 g/mol. The highest BCUT2D eigenvalue weighted by atomic mass is 35.5. The highest BCUT2D eigenvalue weighted by Gasteiger charge is 2.28. The van der Waals surface area contributed by atoms with Crippen molar-refractivity contribution in [1.29, 1.82) is 0 Å². The molecule has 0 bridgehead atoms. The van der Waals surface area contributed by atoms with Gasteiger partial charge in [-0.3, -0.25) is 4.79 Å². The molecule has 1 aliphatic heterocycles. The Morgan fingerprint density at radius 3 is 2.69 bits per heavy atom. The molecule has 3 rings (SSSR count). The highest BCUT2D eigenvalue weighted by molar-refractivity contribution is 5.85. The maximum atomic E-state index is 13.7. The van der Waals surface area contributed by atoms with Gasteiger partial charge in [0.25, 0.3) is 0 Å². The molecule has 2 atom stereocenters. The molecule has 1 amide bonds. The second-order valence-corrected chi connectivity index (χ2v) is 7.40. The SMILES string of the molecule is CC(C)Oc1ccccc1CC(=O)NC1CNCCC1c1ccc(F)c(F)c1.Cl. The summed E-state index contributed by atoms with van der Waals surface area (Å²) >= 11 is 0. The molecule has 1 aliphatic rings. The molecule has 7 heteroatoms. The van der Waals surface area contributed by atoms with Crippen LogP contribution in [0.1, 0.15) is 37.3 Å². The van der Waals surface area contributed by atoms with Crippen LogP contribution in [-0.2, 0) is 11.2 Å². The van der Waals surface area contributed by atoms with Crippen LogP contribution in [0.25, 0.3) is 0 Å². The van der Waals surface area contributed by atoms with Gasteiger partial charge in [-0.2, -0.15) is 0 Å². The number of amides is 1. The molecule has 4 nitrogen and oxygen atoms in total. The van der Waals surface area contributed by atoms with E-state index in [2.05, 4.69) is 10.6 Å². The van der Waals surface area contributed by atoms with Gasteiger partial charge in [0.2, 0.25) is 5.91 Å². The van der Waals surface area contributed by atoms with Crippen LogP contribution in [-0.4, -0.2) is 31.1 Å². The predicted octanol–water partition coefficient (Wildman–Crippen LogP) is 3.98. The number of para-hydroxylation sites is 1. The third kappa shape index (κ3) is 6.15. The van der Waals surface area contributed by atoms with Crippen molar-refractivity contribution in [2.75, 3.05) is 13.1 Å². The molecule has 0 radical (unpaired) electrons. The zero-order valence-electron chi connectivity index (χ0n) is 16.6. The first-order chi connectivity index (χ1) is 13.4. The Balaban J connectivity index is 0.00000300. The number of nitrogens with one attached hydrogen (secondary N) is 2. The van der Waals surface area contributed by atoms with Gasteiger partial charge in [-0.25, -0.2) is 8.78 Å². The Kier molecular flexibility index (Phi) is 8.41. The Bertz CT molecular complexity index is 832. The minimum absolute atomic E-state index is 0. The van der Waals surface area contributed by atoms with Gasteiger partial charge in [-0.1, -0.05) is 24.3 Å². The standard InChI is InChI=1S/C22H26F2N2O2.ClH/c1-14(2)28-21-6-4-3-5-16(21)12-22(27)26-20-13-25-10-9-17(20)15-7-8-18(23)19(24)11-15;/h3-8,11,14,17,20,25H,9-10,12-13H2,1-2H3,(H,26,27);1H. The van der Waals surface area contributed by atoms with Gasteiger partial charge in [0.1, 0.15) is 5.75 Å². The fraction of sp³-hybridized carbons (Fsp3) is 0.409. The lowest BCUT2D eigenvalue weighted by Crippen LogP contribution is -2.50. The number of halogens is 3. The van der Waals surface area contributed by atoms with Crippen molar-refractivity contribution >= 4 is 18.3 Å². The molecule has 29 heavy (non-hydrogen) atoms. The lowest BCUT2D eigenvalue weighted by atomic mass is 9.86. The number of hydrogen-bond donors (Lipinski definition) is 2. The van der Waals surface area contributed by atoms with Gasteiger partial charge in [0, 0.05) is 24.1 Å². The van der Waals surface area contributed by atoms with Crippen LogP contribution in [0, 0.1) is 11.6 Å². The first kappa shape index (κ1) is 23.1. The fourth-order valence-corrected chi connectivity index (χ4v) is 3.60. The lowest BCUT2D eigenvalue weighted by molar-refractivity contribution is -0.121. The summed E-state index contributed by atoms with van der Waals surface area (Å²) < 4.78 is 32.7. The van der Waals surface area contributed by atoms with Crippen molar-refractivity contribution < 1.29 is 18.3 Å². The summed E-state index contributed by atoms with van der Waals surface area (Å²) in [5.74, 6) is -1.21. The summed E-state index contributed by atoms with van der Waals surface area (Å²) in [7, 11) is 0. The van der Waals surface area contributed by atoms with Crippen LogP contribution < -0.4 is 15.4 Å². The van der Waals surface area contributed by atoms with E-state index in [1.54, 1.807) is 6.07 Å². The maximum Gasteiger partial charge on any atom is 0.224 e. The molecule has 2 unspecified atom stereocenters. The number of piperidine rings is 1. The zero-order valence-corrected chi connectivity index (χ0v) is 17.4. The van der Waals surface area contributed by atoms with Crippen molar-refractivity contribution in [3.63, 3.8) is 0 Å². The summed E-state index contributed by atoms with van der Waals surface area (Å²) in [6, 6.07) is 11.3. The van der Waals surface area contributed by atoms with Gasteiger partial charge in [0.05, 0.1) is 12.5 Å². The van der Waals surface area contributed by atoms with E-state index in [0.717, 1.165) is 24.6 Å². The Labute approximate surface area is 176 Å². The van der Waals surface area contributed by atoms with Gasteiger partial charge in [0.15, 0.2) is 11.6 Å². The summed E-state index contributed by atoms with van der Waals surface area (Å²) in [5.41, 5.74) is 1.52. The van der Waals surface area contributed by atoms with Crippen LogP contribution >= 0.6 is 12.4 Å². The van der Waals surface area contributed by atoms with Crippen LogP contribution in [0.4, 0.5) is 8.78 Å². The summed E-state index contributed by atoms with van der Waals surface area (Å²) in [6.07, 6.45) is 0.956. The molecular formula is C22H27ClF2N2O2. The first-order valence-electron chi connectivity index (χ1n) is 9.63. The second kappa shape index (κ2) is 10.6. The fourth-order valence-electron chi connectivity index (χ4n) is 3.60. The molecule has 2 aromatic rings. The van der Waals surface area contributed by atoms with E-state index in [9.17, 15) is 13.6 Å². The minimum atomic E-state index is -0.861. The maximum absolute atomic E-state index is 13.7. The zero-order chi connectivity index (χ0) is 20.1. The minimum Gasteiger partial charge on any atom is -0.491 e. The van der Waals surface area contributed by atoms with E-state index in [4.69, 9.17) is 4.74 Å². The number of ether oxygens (including phenoxy) is 1. The van der Waals surface area contributed by atoms with E-state index in [-0.39, 0.29) is 42.8 Å². The molecule has 0 spiro atoms. The van der Waals surface area contributed by atoms with Crippen LogP contribution in [0.2, 0.25) is 0 Å². The molecule has 158 valence electrons. The monoisotopic (exact) mass is 424 g/mol. The molecule has 1 heterocycles. The Morgan fingerprint density at radius 1 is 1.21 bits per heavy atom. The smallest absolute Gasteiger partial charge is 0.224 e. The lowest BCUT2D eigenvalue weighted by Gasteiger charge is -2.33. The Hall–Kier alpha value is -2.18. The van der Waals surface area contributed by atoms with E-state index in [1.165, 1.54) is 6.07 Å². The van der Waals surface area contributed by atoms with Crippen molar-refractivity contribution in [3.05, 3.63) is 65.2 Å². The van der Waals surface area contributed by atoms with Crippen molar-refractivity contribution in [3.8, 4) is 5.75 Å². The third-order valence-electron chi connectivity index (χ3n) is 4.89. The molecular weight excluding hydrogens is 398 g/mol. The first-order valence-corrected chi connectivity index (χ1v) is 9.63. The third-order valence-corrected chi connectivity index (χ3v) is 4.89. The van der Waals surface area contributed by atoms with Gasteiger partial charge < -0.3 is 15.4 Å². The predicted molar refractivity (Wildman–Crippen MR) is 112 cm³/mol. The summed E-state index contributed by atoms with van der Waals surface area (Å²) in [6.45, 7) is 5.23. The van der Waals surface area contributed by atoms with Crippen molar-refractivity contribution in [2.24, 2.45) is 0 Å². The van der Waals surface area contributed by atoms with Gasteiger partial charge in [-0.15, -0.1) is 12.4 Å². The number of hydrogen-bond acceptors (Lipinski definition) is 3. The summed E-state index contributed by atoms with van der Waals surface area (Å²) in [5, 5.41) is 6.32. The van der Waals surface area contributed by atoms with E-state index < -0.39 is 11.6 Å². The number of benzene rings is 2. The van der Waals surface area contributed by atoms with E-state index in [0.29, 0.717) is 17.9 Å². The number of carbonyl (C=O) groups excluding carboxylic acids is 1. The number of carbonyl (C=O) groups is 1. The Morgan fingerprint density at radius 2 is 1.97 bits per heavy atom. The topological polar surface area (TPSA) is 50.4 Å². The molecule has 0 aromatic heterocycles. The molecule has 0 aliphatic carbocycles. The average Bonchev–Trinajstić information content (AvgIpc) is 2.66. The molecule has 2 N–H and O–H groups in total. The highest BCUT2D eigenvalue weighted by Crippen LogP contribution is 2.27. The summed E-state index contributed by atoms with van der Waals surface area (Å²) in [4.78, 5) is 12.7. The van der Waals surface area contributed by atoms with Crippen LogP contribution in [0.15, 0.2) is 42.5 Å². The molecule has 1 fully saturated rings.